The van der Waals surface area contributed by atoms with Crippen LogP contribution in [0, 0.1) is 6.92 Å². The molecule has 0 aliphatic carbocycles. The van der Waals surface area contributed by atoms with Crippen LogP contribution in [0.15, 0.2) is 83.0 Å². The van der Waals surface area contributed by atoms with E-state index >= 15 is 0 Å². The average molecular weight is 363 g/mol. The number of benzene rings is 3. The minimum atomic E-state index is 0.474. The predicted molar refractivity (Wildman–Crippen MR) is 105 cm³/mol. The monoisotopic (exact) mass is 362 g/mol. The van der Waals surface area contributed by atoms with Crippen molar-refractivity contribution < 1.29 is 0 Å². The van der Waals surface area contributed by atoms with E-state index in [1.165, 1.54) is 17.3 Å². The summed E-state index contributed by atoms with van der Waals surface area (Å²) in [5.74, 6) is 0. The maximum absolute atomic E-state index is 6.51. The van der Waals surface area contributed by atoms with Crippen molar-refractivity contribution in [2.75, 3.05) is 0 Å². The van der Waals surface area contributed by atoms with Gasteiger partial charge in [0.25, 0.3) is 0 Å². The summed E-state index contributed by atoms with van der Waals surface area (Å²) in [6.07, 6.45) is 1.52. The standard InChI is InChI=1S/C21H15ClN2S/c1-14-11-12-18(17-10-6-5-9-16(14)17)19-20(22)23-13-24-21(19)25-15-7-3-2-4-8-15/h2-13H,1H3. The van der Waals surface area contributed by atoms with Gasteiger partial charge in [0.1, 0.15) is 16.5 Å². The second-order valence-electron chi connectivity index (χ2n) is 5.74. The van der Waals surface area contributed by atoms with Crippen LogP contribution in [0.4, 0.5) is 0 Å². The Labute approximate surface area is 155 Å². The highest BCUT2D eigenvalue weighted by Gasteiger charge is 2.16. The number of aryl methyl sites for hydroxylation is 1. The SMILES string of the molecule is Cc1ccc(-c2c(Cl)ncnc2Sc2ccccc2)c2ccccc12. The first-order chi connectivity index (χ1) is 12.2. The van der Waals surface area contributed by atoms with Gasteiger partial charge in [-0.15, -0.1) is 0 Å². The smallest absolute Gasteiger partial charge is 0.141 e. The summed E-state index contributed by atoms with van der Waals surface area (Å²) >= 11 is 8.11. The Kier molecular flexibility index (Phi) is 4.43. The van der Waals surface area contributed by atoms with E-state index in [9.17, 15) is 0 Å². The summed E-state index contributed by atoms with van der Waals surface area (Å²) in [7, 11) is 0. The number of aromatic nitrogens is 2. The molecule has 0 bridgehead atoms. The van der Waals surface area contributed by atoms with Crippen LogP contribution >= 0.6 is 23.4 Å². The summed E-state index contributed by atoms with van der Waals surface area (Å²) < 4.78 is 0. The zero-order valence-electron chi connectivity index (χ0n) is 13.6. The molecule has 0 saturated heterocycles. The summed E-state index contributed by atoms with van der Waals surface area (Å²) in [4.78, 5) is 9.86. The molecule has 0 saturated carbocycles. The van der Waals surface area contributed by atoms with E-state index in [0.29, 0.717) is 5.15 Å². The minimum absolute atomic E-state index is 0.474. The van der Waals surface area contributed by atoms with Crippen molar-refractivity contribution >= 4 is 34.1 Å². The van der Waals surface area contributed by atoms with Gasteiger partial charge >= 0.3 is 0 Å². The van der Waals surface area contributed by atoms with Gasteiger partial charge in [-0.1, -0.05) is 78.0 Å². The molecular weight excluding hydrogens is 348 g/mol. The highest BCUT2D eigenvalue weighted by molar-refractivity contribution is 7.99. The lowest BCUT2D eigenvalue weighted by molar-refractivity contribution is 1.05. The Balaban J connectivity index is 1.93. The Morgan fingerprint density at radius 1 is 0.800 bits per heavy atom. The van der Waals surface area contributed by atoms with Gasteiger partial charge < -0.3 is 0 Å². The second kappa shape index (κ2) is 6.87. The van der Waals surface area contributed by atoms with Gasteiger partial charge in [-0.3, -0.25) is 0 Å². The molecule has 0 radical (unpaired) electrons. The van der Waals surface area contributed by atoms with Crippen LogP contribution in [0.3, 0.4) is 0 Å². The zero-order valence-corrected chi connectivity index (χ0v) is 15.2. The molecule has 4 rings (SSSR count). The number of fused-ring (bicyclic) bond motifs is 1. The Hall–Kier alpha value is -2.36. The molecule has 0 fully saturated rings. The van der Waals surface area contributed by atoms with Crippen LogP contribution in [0.5, 0.6) is 0 Å². The number of nitrogens with zero attached hydrogens (tertiary/aromatic N) is 2. The van der Waals surface area contributed by atoms with Gasteiger partial charge in [0.05, 0.1) is 5.56 Å². The third-order valence-electron chi connectivity index (χ3n) is 4.14. The fourth-order valence-corrected chi connectivity index (χ4v) is 4.14. The fraction of sp³-hybridized carbons (Fsp3) is 0.0476. The van der Waals surface area contributed by atoms with Crippen molar-refractivity contribution in [2.45, 2.75) is 16.8 Å². The Bertz CT molecular complexity index is 1050. The lowest BCUT2D eigenvalue weighted by Gasteiger charge is -2.13. The van der Waals surface area contributed by atoms with Crippen LogP contribution in [0.2, 0.25) is 5.15 Å². The van der Waals surface area contributed by atoms with E-state index in [0.717, 1.165) is 26.4 Å². The van der Waals surface area contributed by atoms with Crippen molar-refractivity contribution in [2.24, 2.45) is 0 Å². The third-order valence-corrected chi connectivity index (χ3v) is 5.43. The van der Waals surface area contributed by atoms with E-state index in [4.69, 9.17) is 11.6 Å². The first-order valence-corrected chi connectivity index (χ1v) is 9.15. The molecule has 0 atom stereocenters. The quantitative estimate of drug-likeness (QED) is 0.394. The zero-order chi connectivity index (χ0) is 17.2. The van der Waals surface area contributed by atoms with Crippen molar-refractivity contribution in [1.82, 2.24) is 9.97 Å². The molecule has 122 valence electrons. The highest BCUT2D eigenvalue weighted by Crippen LogP contribution is 2.40. The van der Waals surface area contributed by atoms with E-state index in [1.54, 1.807) is 11.8 Å². The molecule has 4 heteroatoms. The normalized spacial score (nSPS) is 11.0. The molecule has 0 amide bonds. The minimum Gasteiger partial charge on any atom is -0.229 e. The maximum atomic E-state index is 6.51. The molecule has 0 N–H and O–H groups in total. The topological polar surface area (TPSA) is 25.8 Å². The van der Waals surface area contributed by atoms with E-state index in [-0.39, 0.29) is 0 Å². The molecule has 0 aliphatic heterocycles. The van der Waals surface area contributed by atoms with Gasteiger partial charge in [-0.2, -0.15) is 0 Å². The lowest BCUT2D eigenvalue weighted by Crippen LogP contribution is -1.93. The largest absolute Gasteiger partial charge is 0.229 e. The Morgan fingerprint density at radius 3 is 2.32 bits per heavy atom. The summed E-state index contributed by atoms with van der Waals surface area (Å²) in [6.45, 7) is 2.12. The highest BCUT2D eigenvalue weighted by atomic mass is 35.5. The average Bonchev–Trinajstić information content (AvgIpc) is 2.64. The molecule has 4 aromatic rings. The van der Waals surface area contributed by atoms with Gasteiger partial charge in [-0.25, -0.2) is 9.97 Å². The summed E-state index contributed by atoms with van der Waals surface area (Å²) in [5.41, 5.74) is 3.18. The molecule has 0 spiro atoms. The number of rotatable bonds is 3. The molecule has 0 unspecified atom stereocenters. The molecule has 1 aromatic heterocycles. The molecule has 2 nitrogen and oxygen atoms in total. The molecule has 1 heterocycles. The van der Waals surface area contributed by atoms with Crippen LogP contribution in [0.25, 0.3) is 21.9 Å². The van der Waals surface area contributed by atoms with Crippen molar-refractivity contribution in [1.29, 1.82) is 0 Å². The number of halogens is 1. The maximum Gasteiger partial charge on any atom is 0.141 e. The number of hydrogen-bond acceptors (Lipinski definition) is 3. The van der Waals surface area contributed by atoms with Crippen molar-refractivity contribution in [3.8, 4) is 11.1 Å². The molecular formula is C21H15ClN2S. The van der Waals surface area contributed by atoms with Gasteiger partial charge in [-0.05, 0) is 41.0 Å². The first kappa shape index (κ1) is 16.1. The molecule has 3 aromatic carbocycles. The molecule has 0 aliphatic rings. The van der Waals surface area contributed by atoms with Crippen LogP contribution < -0.4 is 0 Å². The van der Waals surface area contributed by atoms with E-state index in [2.05, 4.69) is 59.4 Å². The Morgan fingerprint density at radius 2 is 1.52 bits per heavy atom. The van der Waals surface area contributed by atoms with E-state index in [1.807, 2.05) is 24.3 Å². The summed E-state index contributed by atoms with van der Waals surface area (Å²) in [6, 6.07) is 22.8. The molecule has 25 heavy (non-hydrogen) atoms. The van der Waals surface area contributed by atoms with Crippen molar-refractivity contribution in [3.05, 3.63) is 83.8 Å². The van der Waals surface area contributed by atoms with Crippen LogP contribution in [-0.2, 0) is 0 Å². The first-order valence-electron chi connectivity index (χ1n) is 7.96. The van der Waals surface area contributed by atoms with Crippen molar-refractivity contribution in [3.63, 3.8) is 0 Å². The predicted octanol–water partition coefficient (Wildman–Crippen LogP) is 6.41. The van der Waals surface area contributed by atoms with Crippen LogP contribution in [0.1, 0.15) is 5.56 Å². The lowest BCUT2D eigenvalue weighted by atomic mass is 9.97. The second-order valence-corrected chi connectivity index (χ2v) is 7.16. The van der Waals surface area contributed by atoms with Gasteiger partial charge in [0.15, 0.2) is 0 Å². The van der Waals surface area contributed by atoms with Crippen LogP contribution in [-0.4, -0.2) is 9.97 Å². The third kappa shape index (κ3) is 3.13. The fourth-order valence-electron chi connectivity index (χ4n) is 2.92. The van der Waals surface area contributed by atoms with Gasteiger partial charge in [0.2, 0.25) is 0 Å². The van der Waals surface area contributed by atoms with Gasteiger partial charge in [0, 0.05) is 4.90 Å². The number of hydrogen-bond donors (Lipinski definition) is 0. The summed E-state index contributed by atoms with van der Waals surface area (Å²) in [5, 5.41) is 3.72. The van der Waals surface area contributed by atoms with E-state index < -0.39 is 0 Å².